The van der Waals surface area contributed by atoms with E-state index in [4.69, 9.17) is 5.10 Å². The Morgan fingerprint density at radius 1 is 1.20 bits per heavy atom. The third-order valence-electron chi connectivity index (χ3n) is 6.55. The quantitative estimate of drug-likeness (QED) is 0.892. The van der Waals surface area contributed by atoms with Gasteiger partial charge in [0.1, 0.15) is 0 Å². The van der Waals surface area contributed by atoms with E-state index in [1.807, 2.05) is 0 Å². The van der Waals surface area contributed by atoms with E-state index in [1.54, 1.807) is 0 Å². The van der Waals surface area contributed by atoms with Gasteiger partial charge in [0.05, 0.1) is 11.6 Å². The van der Waals surface area contributed by atoms with Crippen molar-refractivity contribution in [3.63, 3.8) is 0 Å². The zero-order chi connectivity index (χ0) is 17.6. The summed E-state index contributed by atoms with van der Waals surface area (Å²) >= 11 is 0. The van der Waals surface area contributed by atoms with Gasteiger partial charge in [-0.15, -0.1) is 0 Å². The van der Waals surface area contributed by atoms with E-state index in [-0.39, 0.29) is 5.54 Å². The van der Waals surface area contributed by atoms with Gasteiger partial charge in [-0.25, -0.2) is 0 Å². The standard InChI is InChI=1S/C21H32N4/c1-15-5-7-19(22-13-15)16-6-8-20-17(11-16)14-25(23-20)18-9-10-24(4)21(2,3)12-18/h6,8,11,14-15,18-19,22H,5,7,9-10,12-13H2,1-4H3/t15-,18-,19+/m0/s1. The molecule has 136 valence electrons. The Morgan fingerprint density at radius 2 is 2.04 bits per heavy atom. The predicted octanol–water partition coefficient (Wildman–Crippen LogP) is 4.14. The molecule has 0 saturated carbocycles. The molecule has 0 amide bonds. The van der Waals surface area contributed by atoms with E-state index < -0.39 is 0 Å². The lowest BCUT2D eigenvalue weighted by Crippen LogP contribution is -2.47. The summed E-state index contributed by atoms with van der Waals surface area (Å²) in [6.45, 7) is 9.29. The minimum absolute atomic E-state index is 0.245. The van der Waals surface area contributed by atoms with Crippen molar-refractivity contribution in [2.75, 3.05) is 20.1 Å². The van der Waals surface area contributed by atoms with E-state index in [0.717, 1.165) is 30.9 Å². The SMILES string of the molecule is C[C@H]1CC[C@H](c2ccc3nn([C@H]4CCN(C)C(C)(C)C4)cc3c2)NC1. The maximum absolute atomic E-state index is 4.90. The molecule has 3 heterocycles. The molecule has 2 fully saturated rings. The molecule has 25 heavy (non-hydrogen) atoms. The molecule has 2 aliphatic heterocycles. The molecule has 2 aromatic rings. The van der Waals surface area contributed by atoms with Crippen LogP contribution in [0.3, 0.4) is 0 Å². The minimum atomic E-state index is 0.245. The average Bonchev–Trinajstić information content (AvgIpc) is 3.01. The Balaban J connectivity index is 1.56. The monoisotopic (exact) mass is 340 g/mol. The summed E-state index contributed by atoms with van der Waals surface area (Å²) in [4.78, 5) is 2.47. The number of nitrogens with one attached hydrogen (secondary N) is 1. The maximum atomic E-state index is 4.90. The van der Waals surface area contributed by atoms with Crippen molar-refractivity contribution in [1.82, 2.24) is 20.0 Å². The minimum Gasteiger partial charge on any atom is -0.310 e. The average molecular weight is 341 g/mol. The Hall–Kier alpha value is -1.39. The van der Waals surface area contributed by atoms with Gasteiger partial charge in [0.2, 0.25) is 0 Å². The van der Waals surface area contributed by atoms with E-state index in [1.165, 1.54) is 30.2 Å². The molecule has 2 saturated heterocycles. The first-order valence-corrected chi connectivity index (χ1v) is 9.86. The van der Waals surface area contributed by atoms with Crippen LogP contribution in [0.25, 0.3) is 10.9 Å². The van der Waals surface area contributed by atoms with E-state index in [9.17, 15) is 0 Å². The molecule has 1 aromatic heterocycles. The van der Waals surface area contributed by atoms with Gasteiger partial charge in [0.15, 0.2) is 0 Å². The lowest BCUT2D eigenvalue weighted by molar-refractivity contribution is 0.0721. The fraction of sp³-hybridized carbons (Fsp3) is 0.667. The van der Waals surface area contributed by atoms with Crippen LogP contribution in [0.1, 0.15) is 64.1 Å². The zero-order valence-electron chi connectivity index (χ0n) is 16.1. The molecule has 4 nitrogen and oxygen atoms in total. The molecular formula is C21H32N4. The molecule has 0 radical (unpaired) electrons. The predicted molar refractivity (Wildman–Crippen MR) is 104 cm³/mol. The number of piperidine rings is 2. The molecule has 1 N–H and O–H groups in total. The van der Waals surface area contributed by atoms with Gasteiger partial charge in [0.25, 0.3) is 0 Å². The van der Waals surface area contributed by atoms with Crippen LogP contribution in [0.2, 0.25) is 0 Å². The summed E-state index contributed by atoms with van der Waals surface area (Å²) in [6, 6.07) is 7.85. The summed E-state index contributed by atoms with van der Waals surface area (Å²) in [7, 11) is 2.24. The van der Waals surface area contributed by atoms with Crippen LogP contribution in [0, 0.1) is 5.92 Å². The Labute approximate surface area is 151 Å². The third kappa shape index (κ3) is 3.34. The molecule has 0 unspecified atom stereocenters. The number of fused-ring (bicyclic) bond motifs is 1. The van der Waals surface area contributed by atoms with Crippen molar-refractivity contribution in [2.24, 2.45) is 5.92 Å². The molecule has 4 rings (SSSR count). The van der Waals surface area contributed by atoms with Crippen LogP contribution in [-0.2, 0) is 0 Å². The van der Waals surface area contributed by atoms with Crippen molar-refractivity contribution in [1.29, 1.82) is 0 Å². The van der Waals surface area contributed by atoms with Gasteiger partial charge >= 0.3 is 0 Å². The molecule has 0 bridgehead atoms. The van der Waals surface area contributed by atoms with Crippen molar-refractivity contribution in [3.8, 4) is 0 Å². The number of hydrogen-bond acceptors (Lipinski definition) is 3. The van der Waals surface area contributed by atoms with Crippen LogP contribution in [0.5, 0.6) is 0 Å². The van der Waals surface area contributed by atoms with Gasteiger partial charge in [0, 0.05) is 29.7 Å². The van der Waals surface area contributed by atoms with Gasteiger partial charge in [-0.1, -0.05) is 13.0 Å². The Bertz CT molecular complexity index is 739. The van der Waals surface area contributed by atoms with Crippen LogP contribution < -0.4 is 5.32 Å². The first kappa shape index (κ1) is 17.0. The normalized spacial score (nSPS) is 30.6. The smallest absolute Gasteiger partial charge is 0.0923 e. The molecule has 4 heteroatoms. The lowest BCUT2D eigenvalue weighted by Gasteiger charge is -2.43. The van der Waals surface area contributed by atoms with E-state index in [0.29, 0.717) is 12.1 Å². The van der Waals surface area contributed by atoms with Crippen molar-refractivity contribution in [3.05, 3.63) is 30.0 Å². The number of likely N-dealkylation sites (tertiary alicyclic amines) is 1. The highest BCUT2D eigenvalue weighted by atomic mass is 15.3. The van der Waals surface area contributed by atoms with Gasteiger partial charge < -0.3 is 10.2 Å². The summed E-state index contributed by atoms with van der Waals surface area (Å²) in [5.41, 5.74) is 2.79. The Kier molecular flexibility index (Phi) is 4.37. The molecule has 1 aromatic carbocycles. The fourth-order valence-electron chi connectivity index (χ4n) is 4.46. The largest absolute Gasteiger partial charge is 0.310 e. The van der Waals surface area contributed by atoms with E-state index >= 15 is 0 Å². The second-order valence-electron chi connectivity index (χ2n) is 8.95. The molecule has 2 aliphatic rings. The van der Waals surface area contributed by atoms with Gasteiger partial charge in [-0.2, -0.15) is 5.10 Å². The second-order valence-corrected chi connectivity index (χ2v) is 8.95. The van der Waals surface area contributed by atoms with Crippen LogP contribution >= 0.6 is 0 Å². The van der Waals surface area contributed by atoms with Gasteiger partial charge in [-0.05, 0) is 76.7 Å². The highest BCUT2D eigenvalue weighted by Crippen LogP contribution is 2.34. The van der Waals surface area contributed by atoms with Gasteiger partial charge in [-0.3, -0.25) is 4.68 Å². The topological polar surface area (TPSA) is 33.1 Å². The van der Waals surface area contributed by atoms with Crippen LogP contribution in [-0.4, -0.2) is 40.4 Å². The number of aromatic nitrogens is 2. The van der Waals surface area contributed by atoms with Crippen molar-refractivity contribution in [2.45, 2.75) is 64.1 Å². The zero-order valence-corrected chi connectivity index (χ0v) is 16.1. The second kappa shape index (κ2) is 6.40. The summed E-state index contributed by atoms with van der Waals surface area (Å²) in [6.07, 6.45) is 7.18. The molecule has 3 atom stereocenters. The molecule has 0 aliphatic carbocycles. The summed E-state index contributed by atoms with van der Waals surface area (Å²) in [5.74, 6) is 0.801. The van der Waals surface area contributed by atoms with Crippen molar-refractivity contribution < 1.29 is 0 Å². The molecular weight excluding hydrogens is 308 g/mol. The highest BCUT2D eigenvalue weighted by Gasteiger charge is 2.33. The highest BCUT2D eigenvalue weighted by molar-refractivity contribution is 5.79. The van der Waals surface area contributed by atoms with Crippen molar-refractivity contribution >= 4 is 10.9 Å². The van der Waals surface area contributed by atoms with Crippen LogP contribution in [0.15, 0.2) is 24.4 Å². The first-order valence-electron chi connectivity index (χ1n) is 9.86. The maximum Gasteiger partial charge on any atom is 0.0923 e. The first-order chi connectivity index (χ1) is 11.9. The fourth-order valence-corrected chi connectivity index (χ4v) is 4.46. The Morgan fingerprint density at radius 3 is 2.76 bits per heavy atom. The molecule has 0 spiro atoms. The lowest BCUT2D eigenvalue weighted by atomic mass is 9.87. The van der Waals surface area contributed by atoms with Crippen LogP contribution in [0.4, 0.5) is 0 Å². The number of rotatable bonds is 2. The summed E-state index contributed by atoms with van der Waals surface area (Å²) in [5, 5.41) is 9.89. The third-order valence-corrected chi connectivity index (χ3v) is 6.55. The summed E-state index contributed by atoms with van der Waals surface area (Å²) < 4.78 is 2.24. The number of hydrogen-bond donors (Lipinski definition) is 1. The number of benzene rings is 1. The number of nitrogens with zero attached hydrogens (tertiary/aromatic N) is 3. The van der Waals surface area contributed by atoms with E-state index in [2.05, 4.69) is 67.1 Å².